The van der Waals surface area contributed by atoms with Gasteiger partial charge in [0.1, 0.15) is 34.9 Å². The van der Waals surface area contributed by atoms with Crippen LogP contribution in [0, 0.1) is 0 Å². The second-order valence-corrected chi connectivity index (χ2v) is 27.3. The van der Waals surface area contributed by atoms with Gasteiger partial charge in [-0.2, -0.15) is 0 Å². The molecule has 15 aromatic carbocycles. The maximum Gasteiger partial charge on any atom is 0.164 e. The summed E-state index contributed by atoms with van der Waals surface area (Å²) in [6.07, 6.45) is 7.40. The Morgan fingerprint density at radius 1 is 0.225 bits per heavy atom. The Bertz CT molecular complexity index is 6530. The number of hydrogen-bond acceptors (Lipinski definition) is 12. The normalized spacial score (nSPS) is 13.0. The predicted octanol–water partition coefficient (Wildman–Crippen LogP) is 24.4. The zero-order chi connectivity index (χ0) is 73.6. The molecule has 0 saturated carbocycles. The summed E-state index contributed by atoms with van der Waals surface area (Å²) in [5, 5.41) is 6.64. The molecule has 22 rings (SSSR count). The van der Waals surface area contributed by atoms with Gasteiger partial charge in [0.2, 0.25) is 0 Å². The Kier molecular flexibility index (Phi) is 16.7. The summed E-state index contributed by atoms with van der Waals surface area (Å²) in [6.45, 7) is 0. The van der Waals surface area contributed by atoms with Crippen molar-refractivity contribution in [3.8, 4) is 165 Å². The Morgan fingerprint density at radius 3 is 1.09 bits per heavy atom. The molecule has 6 heterocycles. The second-order valence-electron chi connectivity index (χ2n) is 27.3. The van der Waals surface area contributed by atoms with Crippen molar-refractivity contribution >= 4 is 37.9 Å². The van der Waals surface area contributed by atoms with Gasteiger partial charge in [0.15, 0.2) is 52.4 Å². The van der Waals surface area contributed by atoms with Crippen LogP contribution in [0.5, 0.6) is 28.7 Å². The SMILES string of the molecule is C1=CCC2Oc3ccc(-c4nc(-c5ccccc5)nc(-c5ccccc5)n4)c4cccc(c34)C2=C1.c1ccc(-c2nc(-c3ccccc3)nc(-c3cc4c5c(cccc5c3)-c3ccccc3O4)n2)cc1.c1ccc(-c2nc(-c3ccccc3)nc(-c3ccccc3-c3ccc4c5c(cccc35)-c3ccccc3O4)n2)cc1. The molecule has 3 aromatic heterocycles. The summed E-state index contributed by atoms with van der Waals surface area (Å²) >= 11 is 0. The Labute approximate surface area is 639 Å². The van der Waals surface area contributed by atoms with Gasteiger partial charge >= 0.3 is 0 Å². The molecule has 111 heavy (non-hydrogen) atoms. The quantitative estimate of drug-likeness (QED) is 0.129. The lowest BCUT2D eigenvalue weighted by Crippen LogP contribution is -2.23. The van der Waals surface area contributed by atoms with Crippen molar-refractivity contribution in [3.63, 3.8) is 0 Å². The van der Waals surface area contributed by atoms with Crippen molar-refractivity contribution in [2.45, 2.75) is 12.5 Å². The van der Waals surface area contributed by atoms with Gasteiger partial charge in [-0.3, -0.25) is 0 Å². The first-order valence-corrected chi connectivity index (χ1v) is 37.0. The predicted molar refractivity (Wildman–Crippen MR) is 444 cm³/mol. The van der Waals surface area contributed by atoms with Gasteiger partial charge in [0.05, 0.1) is 0 Å². The van der Waals surface area contributed by atoms with Crippen molar-refractivity contribution in [3.05, 3.63) is 370 Å². The van der Waals surface area contributed by atoms with Crippen molar-refractivity contribution < 1.29 is 14.2 Å². The smallest absolute Gasteiger partial charge is 0.164 e. The zero-order valence-electron chi connectivity index (χ0n) is 59.7. The highest BCUT2D eigenvalue weighted by molar-refractivity contribution is 6.12. The minimum atomic E-state index is 0.0653. The van der Waals surface area contributed by atoms with Gasteiger partial charge in [0, 0.05) is 89.4 Å². The molecule has 0 N–H and O–H groups in total. The van der Waals surface area contributed by atoms with Crippen LogP contribution in [0.15, 0.2) is 364 Å². The largest absolute Gasteiger partial charge is 0.485 e. The second kappa shape index (κ2) is 28.4. The molecule has 522 valence electrons. The molecule has 1 atom stereocenters. The third-order valence-electron chi connectivity index (χ3n) is 20.5. The molecule has 18 aromatic rings. The third kappa shape index (κ3) is 12.4. The molecule has 3 aliphatic heterocycles. The highest BCUT2D eigenvalue weighted by Gasteiger charge is 2.30. The van der Waals surface area contributed by atoms with Crippen molar-refractivity contribution in [1.82, 2.24) is 44.9 Å². The van der Waals surface area contributed by atoms with E-state index < -0.39 is 0 Å². The highest BCUT2D eigenvalue weighted by Crippen LogP contribution is 2.52. The maximum absolute atomic E-state index is 6.41. The van der Waals surface area contributed by atoms with Gasteiger partial charge in [-0.25, -0.2) is 44.9 Å². The molecule has 12 heteroatoms. The van der Waals surface area contributed by atoms with Gasteiger partial charge in [-0.15, -0.1) is 0 Å². The standard InChI is InChI=1S/C37H23N3O.C31H19N3O.C31H21N3O/c1-3-12-24(13-4-1)35-38-36(25-14-5-2-6-15-25)40-37(39-35)31-18-8-7-16-26(31)27-22-23-33-34-29(27)19-11-20-30(34)28-17-9-10-21-32(28)41-33;1-3-10-20(11-4-1)29-32-30(21-12-5-2-6-13-21)34-31(33-29)23-18-22-14-9-16-25-24-15-7-8-17-26(24)35-27(19-23)28(22)25;1-3-10-20(11-4-1)29-32-30(21-12-5-2-6-13-21)34-31(33-29)25-18-19-27-28-23(15-9-16-24(25)28)22-14-7-8-17-26(22)35-27/h1-23H;1-19H;1-16,18-19,26H,17H2. The summed E-state index contributed by atoms with van der Waals surface area (Å²) in [4.78, 5) is 44.2. The zero-order valence-corrected chi connectivity index (χ0v) is 59.7. The number of nitrogens with zero attached hydrogens (tertiary/aromatic N) is 9. The summed E-state index contributed by atoms with van der Waals surface area (Å²) in [6, 6.07) is 117. The molecule has 1 aliphatic carbocycles. The average Bonchev–Trinajstić information content (AvgIpc) is 0.763. The van der Waals surface area contributed by atoms with E-state index in [0.29, 0.717) is 52.4 Å². The van der Waals surface area contributed by atoms with E-state index in [9.17, 15) is 0 Å². The van der Waals surface area contributed by atoms with Crippen LogP contribution >= 0.6 is 0 Å². The van der Waals surface area contributed by atoms with Gasteiger partial charge < -0.3 is 14.2 Å². The molecular formula is C99H63N9O3. The number of benzene rings is 15. The van der Waals surface area contributed by atoms with E-state index in [2.05, 4.69) is 140 Å². The first-order chi connectivity index (χ1) is 55.0. The number of aromatic nitrogens is 9. The van der Waals surface area contributed by atoms with Crippen LogP contribution in [-0.2, 0) is 0 Å². The van der Waals surface area contributed by atoms with E-state index in [1.807, 2.05) is 224 Å². The van der Waals surface area contributed by atoms with Crippen LogP contribution < -0.4 is 14.2 Å². The Balaban J connectivity index is 0.000000109. The van der Waals surface area contributed by atoms with E-state index in [4.69, 9.17) is 59.1 Å². The van der Waals surface area contributed by atoms with Gasteiger partial charge in [0.25, 0.3) is 0 Å². The monoisotopic (exact) mass is 1430 g/mol. The molecule has 0 fully saturated rings. The van der Waals surface area contributed by atoms with Crippen LogP contribution in [0.2, 0.25) is 0 Å². The number of allylic oxidation sites excluding steroid dienone is 2. The molecule has 0 saturated heterocycles. The van der Waals surface area contributed by atoms with Crippen LogP contribution in [-0.4, -0.2) is 51.0 Å². The van der Waals surface area contributed by atoms with E-state index in [1.54, 1.807) is 0 Å². The fraction of sp³-hybridized carbons (Fsp3) is 0.0202. The van der Waals surface area contributed by atoms with Crippen LogP contribution in [0.1, 0.15) is 12.0 Å². The fourth-order valence-electron chi connectivity index (χ4n) is 15.3. The van der Waals surface area contributed by atoms with Crippen molar-refractivity contribution in [1.29, 1.82) is 0 Å². The van der Waals surface area contributed by atoms with Crippen molar-refractivity contribution in [2.75, 3.05) is 0 Å². The first-order valence-electron chi connectivity index (χ1n) is 37.0. The molecule has 1 unspecified atom stereocenters. The molecule has 0 amide bonds. The van der Waals surface area contributed by atoms with Crippen LogP contribution in [0.4, 0.5) is 0 Å². The molecular weight excluding hydrogens is 1360 g/mol. The Hall–Kier alpha value is -15.0. The van der Waals surface area contributed by atoms with Gasteiger partial charge in [-0.1, -0.05) is 322 Å². The lowest BCUT2D eigenvalue weighted by atomic mass is 9.87. The lowest BCUT2D eigenvalue weighted by molar-refractivity contribution is 0.260. The first kappa shape index (κ1) is 65.5. The minimum Gasteiger partial charge on any atom is -0.485 e. The van der Waals surface area contributed by atoms with E-state index in [1.165, 1.54) is 22.3 Å². The number of rotatable bonds is 10. The summed E-state index contributed by atoms with van der Waals surface area (Å²) in [7, 11) is 0. The number of para-hydroxylation sites is 2. The average molecular weight is 1430 g/mol. The topological polar surface area (TPSA) is 144 Å². The van der Waals surface area contributed by atoms with E-state index >= 15 is 0 Å². The highest BCUT2D eigenvalue weighted by atomic mass is 16.5. The molecule has 0 spiro atoms. The number of hydrogen-bond donors (Lipinski definition) is 0. The summed E-state index contributed by atoms with van der Waals surface area (Å²) in [5.74, 6) is 10.1. The summed E-state index contributed by atoms with van der Waals surface area (Å²) in [5.41, 5.74) is 17.7. The number of fused-ring (bicyclic) bond motifs is 6. The number of ether oxygens (including phenoxy) is 3. The summed E-state index contributed by atoms with van der Waals surface area (Å²) < 4.78 is 19.1. The van der Waals surface area contributed by atoms with Gasteiger partial charge in [-0.05, 0) is 86.4 Å². The molecule has 12 nitrogen and oxygen atoms in total. The maximum atomic E-state index is 6.41. The fourth-order valence-corrected chi connectivity index (χ4v) is 15.3. The molecule has 0 radical (unpaired) electrons. The lowest BCUT2D eigenvalue weighted by Gasteiger charge is -2.30. The van der Waals surface area contributed by atoms with E-state index in [0.717, 1.165) is 140 Å². The third-order valence-corrected chi connectivity index (χ3v) is 20.5. The van der Waals surface area contributed by atoms with Crippen LogP contribution in [0.25, 0.3) is 174 Å². The van der Waals surface area contributed by atoms with Crippen molar-refractivity contribution in [2.24, 2.45) is 0 Å². The Morgan fingerprint density at radius 2 is 0.586 bits per heavy atom. The minimum absolute atomic E-state index is 0.0653. The molecule has 4 aliphatic rings. The van der Waals surface area contributed by atoms with Crippen LogP contribution in [0.3, 0.4) is 0 Å². The molecule has 0 bridgehead atoms. The van der Waals surface area contributed by atoms with E-state index in [-0.39, 0.29) is 6.10 Å².